The number of hydrogen-bond donors (Lipinski definition) is 2. The summed E-state index contributed by atoms with van der Waals surface area (Å²) in [7, 11) is 1.56. The molecule has 0 radical (unpaired) electrons. The summed E-state index contributed by atoms with van der Waals surface area (Å²) in [6, 6.07) is 14.7. The summed E-state index contributed by atoms with van der Waals surface area (Å²) in [5.74, 6) is 0.186. The zero-order chi connectivity index (χ0) is 19.7. The Bertz CT molecular complexity index is 1270. The van der Waals surface area contributed by atoms with Gasteiger partial charge in [-0.05, 0) is 48.6 Å². The van der Waals surface area contributed by atoms with Crippen LogP contribution in [0.15, 0.2) is 59.1 Å². The number of carbonyl (C=O) groups is 1. The highest BCUT2D eigenvalue weighted by Gasteiger charge is 2.15. The fourth-order valence-electron chi connectivity index (χ4n) is 2.73. The van der Waals surface area contributed by atoms with Gasteiger partial charge >= 0.3 is 0 Å². The normalized spacial score (nSPS) is 14.2. The molecule has 8 heteroatoms. The van der Waals surface area contributed by atoms with Crippen LogP contribution in [0.3, 0.4) is 0 Å². The average molecular weight is 409 g/mol. The van der Waals surface area contributed by atoms with E-state index in [0.29, 0.717) is 25.5 Å². The zero-order valence-electron chi connectivity index (χ0n) is 14.7. The van der Waals surface area contributed by atoms with Gasteiger partial charge in [0.15, 0.2) is 3.95 Å². The molecule has 140 valence electrons. The molecule has 2 N–H and O–H groups in total. The van der Waals surface area contributed by atoms with Crippen molar-refractivity contribution in [3.05, 3.63) is 73.5 Å². The van der Waals surface area contributed by atoms with Crippen molar-refractivity contribution in [2.75, 3.05) is 12.5 Å². The fourth-order valence-corrected chi connectivity index (χ4v) is 3.92. The van der Waals surface area contributed by atoms with Gasteiger partial charge in [0.25, 0.3) is 5.91 Å². The number of carbonyl (C=O) groups excluding carboxylic acids is 1. The SMILES string of the molecule is COc1ccc2c(c1)=NC(=O)C(=Cc1sc(=S)n(Nc3ccccc3)c1O)C=2. The lowest BCUT2D eigenvalue weighted by Gasteiger charge is -2.08. The van der Waals surface area contributed by atoms with Crippen molar-refractivity contribution in [2.24, 2.45) is 4.99 Å². The summed E-state index contributed by atoms with van der Waals surface area (Å²) < 4.78 is 7.00. The number of nitrogens with zero attached hydrogens (tertiary/aromatic N) is 2. The van der Waals surface area contributed by atoms with Crippen molar-refractivity contribution in [1.82, 2.24) is 4.68 Å². The Kier molecular flexibility index (Phi) is 4.81. The van der Waals surface area contributed by atoms with E-state index in [9.17, 15) is 9.90 Å². The number of hydrogen-bond acceptors (Lipinski definition) is 6. The van der Waals surface area contributed by atoms with Gasteiger partial charge in [-0.3, -0.25) is 10.2 Å². The molecule has 28 heavy (non-hydrogen) atoms. The van der Waals surface area contributed by atoms with Crippen LogP contribution in [0.4, 0.5) is 5.69 Å². The summed E-state index contributed by atoms with van der Waals surface area (Å²) in [4.78, 5) is 17.0. The van der Waals surface area contributed by atoms with Crippen LogP contribution in [0.1, 0.15) is 4.88 Å². The molecule has 6 nitrogen and oxygen atoms in total. The second-order valence-electron chi connectivity index (χ2n) is 5.95. The predicted molar refractivity (Wildman–Crippen MR) is 111 cm³/mol. The summed E-state index contributed by atoms with van der Waals surface area (Å²) >= 11 is 6.54. The fraction of sp³-hybridized carbons (Fsp3) is 0.0500. The number of para-hydroxylation sites is 1. The molecule has 1 amide bonds. The number of amides is 1. The van der Waals surface area contributed by atoms with Crippen molar-refractivity contribution in [3.63, 3.8) is 0 Å². The molecule has 0 fully saturated rings. The van der Waals surface area contributed by atoms with Gasteiger partial charge in [-0.1, -0.05) is 29.5 Å². The van der Waals surface area contributed by atoms with Gasteiger partial charge in [-0.25, -0.2) is 9.67 Å². The topological polar surface area (TPSA) is 75.8 Å². The lowest BCUT2D eigenvalue weighted by Crippen LogP contribution is -2.30. The molecular formula is C20H15N3O3S2. The summed E-state index contributed by atoms with van der Waals surface area (Å²) in [6.45, 7) is 0. The molecule has 0 unspecified atom stereocenters. The number of anilines is 1. The van der Waals surface area contributed by atoms with Crippen molar-refractivity contribution in [2.45, 2.75) is 0 Å². The first-order valence-electron chi connectivity index (χ1n) is 8.32. The number of rotatable bonds is 4. The van der Waals surface area contributed by atoms with Crippen LogP contribution in [0.25, 0.3) is 12.2 Å². The molecule has 1 aromatic heterocycles. The highest BCUT2D eigenvalue weighted by atomic mass is 32.1. The van der Waals surface area contributed by atoms with Crippen molar-refractivity contribution >= 4 is 47.3 Å². The van der Waals surface area contributed by atoms with E-state index in [2.05, 4.69) is 10.4 Å². The maximum Gasteiger partial charge on any atom is 0.277 e. The highest BCUT2D eigenvalue weighted by Crippen LogP contribution is 2.29. The van der Waals surface area contributed by atoms with Gasteiger partial charge < -0.3 is 9.84 Å². The number of nitrogens with one attached hydrogen (secondary N) is 1. The Morgan fingerprint density at radius 1 is 1.25 bits per heavy atom. The van der Waals surface area contributed by atoms with Gasteiger partial charge in [0.05, 0.1) is 23.0 Å². The number of ether oxygens (including phenoxy) is 1. The lowest BCUT2D eigenvalue weighted by molar-refractivity contribution is -0.114. The molecule has 0 saturated heterocycles. The average Bonchev–Trinajstić information content (AvgIpc) is 2.96. The van der Waals surface area contributed by atoms with Gasteiger partial charge in [0.1, 0.15) is 5.75 Å². The van der Waals surface area contributed by atoms with E-state index >= 15 is 0 Å². The van der Waals surface area contributed by atoms with Crippen LogP contribution < -0.4 is 20.7 Å². The van der Waals surface area contributed by atoms with Gasteiger partial charge in [-0.2, -0.15) is 0 Å². The number of aromatic nitrogens is 1. The summed E-state index contributed by atoms with van der Waals surface area (Å²) in [5, 5.41) is 11.9. The number of thiazole rings is 1. The van der Waals surface area contributed by atoms with Crippen LogP contribution in [0.5, 0.6) is 11.6 Å². The number of fused-ring (bicyclic) bond motifs is 1. The van der Waals surface area contributed by atoms with Crippen molar-refractivity contribution < 1.29 is 14.6 Å². The molecule has 2 heterocycles. The Hall–Kier alpha value is -3.23. The maximum absolute atomic E-state index is 12.4. The van der Waals surface area contributed by atoms with Crippen LogP contribution in [0, 0.1) is 3.95 Å². The second kappa shape index (κ2) is 7.41. The first-order chi connectivity index (χ1) is 13.5. The molecule has 2 aromatic carbocycles. The van der Waals surface area contributed by atoms with E-state index in [1.807, 2.05) is 36.4 Å². The predicted octanol–water partition coefficient (Wildman–Crippen LogP) is 2.89. The van der Waals surface area contributed by atoms with Crippen LogP contribution in [0.2, 0.25) is 0 Å². The van der Waals surface area contributed by atoms with Gasteiger partial charge in [0, 0.05) is 16.9 Å². The van der Waals surface area contributed by atoms with E-state index in [1.54, 1.807) is 31.4 Å². The second-order valence-corrected chi connectivity index (χ2v) is 7.63. The minimum atomic E-state index is -0.387. The first-order valence-corrected chi connectivity index (χ1v) is 9.55. The van der Waals surface area contributed by atoms with Crippen molar-refractivity contribution in [3.8, 4) is 11.6 Å². The Morgan fingerprint density at radius 2 is 2.04 bits per heavy atom. The minimum absolute atomic E-state index is 0.0620. The zero-order valence-corrected chi connectivity index (χ0v) is 16.4. The smallest absolute Gasteiger partial charge is 0.277 e. The van der Waals surface area contributed by atoms with E-state index in [0.717, 1.165) is 10.9 Å². The Morgan fingerprint density at radius 3 is 2.79 bits per heavy atom. The quantitative estimate of drug-likeness (QED) is 0.512. The first kappa shape index (κ1) is 18.1. The number of aromatic hydroxyl groups is 1. The highest BCUT2D eigenvalue weighted by molar-refractivity contribution is 7.73. The third-order valence-electron chi connectivity index (χ3n) is 4.13. The summed E-state index contributed by atoms with van der Waals surface area (Å²) in [6.07, 6.45) is 3.33. The van der Waals surface area contributed by atoms with E-state index < -0.39 is 0 Å². The molecule has 0 atom stereocenters. The maximum atomic E-state index is 12.4. The van der Waals surface area contributed by atoms with Gasteiger partial charge in [-0.15, -0.1) is 0 Å². The van der Waals surface area contributed by atoms with Crippen LogP contribution >= 0.6 is 23.6 Å². The third kappa shape index (κ3) is 3.47. The van der Waals surface area contributed by atoms with E-state index in [1.165, 1.54) is 16.0 Å². The number of methoxy groups -OCH3 is 1. The van der Waals surface area contributed by atoms with Crippen molar-refractivity contribution in [1.29, 1.82) is 0 Å². The number of benzene rings is 2. The molecule has 0 saturated carbocycles. The standard InChI is InChI=1S/C20H15N3O3S2/c1-26-15-8-7-12-9-13(18(24)21-16(12)11-15)10-17-19(25)23(20(27)28-17)22-14-5-3-2-4-6-14/h2-11,22,25H,1H3. The largest absolute Gasteiger partial charge is 0.497 e. The minimum Gasteiger partial charge on any atom is -0.497 e. The molecule has 1 aliphatic rings. The molecule has 4 rings (SSSR count). The molecule has 0 bridgehead atoms. The van der Waals surface area contributed by atoms with E-state index in [4.69, 9.17) is 17.0 Å². The Balaban J connectivity index is 1.73. The molecule has 3 aromatic rings. The molecule has 0 spiro atoms. The molecule has 0 aliphatic carbocycles. The third-order valence-corrected chi connectivity index (χ3v) is 5.44. The molecular weight excluding hydrogens is 394 g/mol. The van der Waals surface area contributed by atoms with E-state index in [-0.39, 0.29) is 11.8 Å². The molecule has 1 aliphatic heterocycles. The van der Waals surface area contributed by atoms with Crippen LogP contribution in [-0.4, -0.2) is 22.8 Å². The summed E-state index contributed by atoms with van der Waals surface area (Å²) in [5.41, 5.74) is 4.20. The Labute approximate surface area is 169 Å². The lowest BCUT2D eigenvalue weighted by atomic mass is 10.1. The van der Waals surface area contributed by atoms with Gasteiger partial charge in [0.2, 0.25) is 5.88 Å². The monoisotopic (exact) mass is 409 g/mol. The van der Waals surface area contributed by atoms with Crippen LogP contribution in [-0.2, 0) is 4.79 Å².